The first-order chi connectivity index (χ1) is 19.3. The summed E-state index contributed by atoms with van der Waals surface area (Å²) in [5.74, 6) is -1.78. The Morgan fingerprint density at radius 2 is 0.850 bits per heavy atom. The van der Waals surface area contributed by atoms with Crippen LogP contribution in [0.2, 0.25) is 0 Å². The van der Waals surface area contributed by atoms with Crippen molar-refractivity contribution < 1.29 is 28.3 Å². The molecule has 2 atom stereocenters. The summed E-state index contributed by atoms with van der Waals surface area (Å²) in [5, 5.41) is 16.2. The highest BCUT2D eigenvalue weighted by atomic mass is 16.2. The molecule has 0 spiro atoms. The van der Waals surface area contributed by atoms with Crippen molar-refractivity contribution in [3.8, 4) is 11.1 Å². The third-order valence-corrected chi connectivity index (χ3v) is 5.82. The number of pyridine rings is 2. The standard InChI is InChI=1S/C30H26N6O4/c1-21(37)27(29(39)35-17-5-3-6-18-35)33-31-25-13-9-23(10-14-25)24-11-15-26(16-12-24)32-34-28(22(2)38)30(40)36-19-7-4-8-20-36/h3-20,27-28H,1-2H3/q+2. The zero-order valence-corrected chi connectivity index (χ0v) is 21.9. The summed E-state index contributed by atoms with van der Waals surface area (Å²) in [6.07, 6.45) is 6.22. The second-order valence-electron chi connectivity index (χ2n) is 8.79. The minimum Gasteiger partial charge on any atom is -0.297 e. The maximum Gasteiger partial charge on any atom is 0.426 e. The Labute approximate surface area is 230 Å². The summed E-state index contributed by atoms with van der Waals surface area (Å²) < 4.78 is 2.61. The van der Waals surface area contributed by atoms with Gasteiger partial charge in [-0.25, -0.2) is 9.59 Å². The van der Waals surface area contributed by atoms with Gasteiger partial charge in [0, 0.05) is 24.3 Å². The van der Waals surface area contributed by atoms with E-state index in [0.717, 1.165) is 11.1 Å². The first-order valence-electron chi connectivity index (χ1n) is 12.4. The van der Waals surface area contributed by atoms with Gasteiger partial charge in [-0.3, -0.25) is 9.59 Å². The van der Waals surface area contributed by atoms with Gasteiger partial charge in [0.25, 0.3) is 12.1 Å². The van der Waals surface area contributed by atoms with E-state index in [1.807, 2.05) is 24.3 Å². The highest BCUT2D eigenvalue weighted by Crippen LogP contribution is 2.25. The molecule has 10 nitrogen and oxygen atoms in total. The fourth-order valence-corrected chi connectivity index (χ4v) is 3.67. The Balaban J connectivity index is 1.43. The molecule has 198 valence electrons. The molecule has 0 aliphatic carbocycles. The predicted octanol–water partition coefficient (Wildman–Crippen LogP) is 4.69. The second kappa shape index (κ2) is 12.9. The first kappa shape index (κ1) is 27.6. The summed E-state index contributed by atoms with van der Waals surface area (Å²) in [6, 6.07) is 22.1. The smallest absolute Gasteiger partial charge is 0.297 e. The Kier molecular flexibility index (Phi) is 8.93. The van der Waals surface area contributed by atoms with Crippen molar-refractivity contribution in [2.24, 2.45) is 20.5 Å². The second-order valence-corrected chi connectivity index (χ2v) is 8.79. The van der Waals surface area contributed by atoms with Gasteiger partial charge in [0.2, 0.25) is 0 Å². The molecular formula is C30H26N6O4+2. The Hall–Kier alpha value is -5.38. The lowest BCUT2D eigenvalue weighted by Crippen LogP contribution is -2.49. The van der Waals surface area contributed by atoms with Crippen LogP contribution in [0.3, 0.4) is 0 Å². The van der Waals surface area contributed by atoms with Gasteiger partial charge in [-0.15, -0.1) is 9.13 Å². The lowest BCUT2D eigenvalue weighted by Gasteiger charge is -2.04. The monoisotopic (exact) mass is 534 g/mol. The van der Waals surface area contributed by atoms with Crippen molar-refractivity contribution in [3.63, 3.8) is 0 Å². The van der Waals surface area contributed by atoms with Crippen LogP contribution in [0.5, 0.6) is 0 Å². The number of hydrogen-bond acceptors (Lipinski definition) is 8. The molecule has 0 aliphatic heterocycles. The average Bonchev–Trinajstić information content (AvgIpc) is 2.98. The molecule has 0 saturated carbocycles. The lowest BCUT2D eigenvalue weighted by molar-refractivity contribution is -0.574. The fourth-order valence-electron chi connectivity index (χ4n) is 3.67. The molecule has 0 radical (unpaired) electrons. The highest BCUT2D eigenvalue weighted by molar-refractivity contribution is 6.01. The topological polar surface area (TPSA) is 125 Å². The molecule has 4 aromatic rings. The molecule has 2 aromatic carbocycles. The Bertz CT molecular complexity index is 1450. The maximum absolute atomic E-state index is 12.6. The number of Topliss-reactive ketones (excluding diaryl/α,β-unsaturated/α-hetero) is 2. The van der Waals surface area contributed by atoms with E-state index in [1.165, 1.54) is 23.0 Å². The molecule has 0 bridgehead atoms. The van der Waals surface area contributed by atoms with Gasteiger partial charge in [0.15, 0.2) is 36.4 Å². The highest BCUT2D eigenvalue weighted by Gasteiger charge is 2.32. The third kappa shape index (κ3) is 6.93. The van der Waals surface area contributed by atoms with Crippen LogP contribution in [0.15, 0.2) is 130 Å². The van der Waals surface area contributed by atoms with E-state index in [4.69, 9.17) is 0 Å². The molecule has 0 N–H and O–H groups in total. The van der Waals surface area contributed by atoms with Gasteiger partial charge in [0.1, 0.15) is 0 Å². The molecule has 0 fully saturated rings. The van der Waals surface area contributed by atoms with Crippen molar-refractivity contribution in [2.75, 3.05) is 0 Å². The fraction of sp³-hybridized carbons (Fsp3) is 0.133. The van der Waals surface area contributed by atoms with Crippen LogP contribution in [0.1, 0.15) is 23.4 Å². The number of ketones is 2. The number of rotatable bonds is 9. The Morgan fingerprint density at radius 3 is 1.15 bits per heavy atom. The van der Waals surface area contributed by atoms with Crippen molar-refractivity contribution in [3.05, 3.63) is 110 Å². The summed E-state index contributed by atoms with van der Waals surface area (Å²) in [6.45, 7) is 2.61. The average molecular weight is 535 g/mol. The zero-order valence-electron chi connectivity index (χ0n) is 21.9. The van der Waals surface area contributed by atoms with Crippen LogP contribution in [-0.2, 0) is 9.59 Å². The van der Waals surface area contributed by atoms with Gasteiger partial charge in [-0.2, -0.15) is 20.5 Å². The summed E-state index contributed by atoms with van der Waals surface area (Å²) >= 11 is 0. The quantitative estimate of drug-likeness (QED) is 0.175. The molecule has 0 aliphatic rings. The van der Waals surface area contributed by atoms with Gasteiger partial charge in [0.05, 0.1) is 11.4 Å². The molecule has 40 heavy (non-hydrogen) atoms. The largest absolute Gasteiger partial charge is 0.426 e. The van der Waals surface area contributed by atoms with Crippen LogP contribution >= 0.6 is 0 Å². The van der Waals surface area contributed by atoms with Crippen LogP contribution in [0, 0.1) is 0 Å². The van der Waals surface area contributed by atoms with Crippen LogP contribution in [-0.4, -0.2) is 35.5 Å². The van der Waals surface area contributed by atoms with Gasteiger partial charge in [-0.1, -0.05) is 36.4 Å². The summed E-state index contributed by atoms with van der Waals surface area (Å²) in [4.78, 5) is 49.3. The number of azo groups is 2. The minimum absolute atomic E-state index is 0.406. The molecule has 0 amide bonds. The molecule has 4 rings (SSSR count). The van der Waals surface area contributed by atoms with Crippen molar-refractivity contribution in [1.29, 1.82) is 0 Å². The molecule has 2 aromatic heterocycles. The first-order valence-corrected chi connectivity index (χ1v) is 12.4. The van der Waals surface area contributed by atoms with Crippen LogP contribution in [0.4, 0.5) is 11.4 Å². The van der Waals surface area contributed by atoms with E-state index in [1.54, 1.807) is 85.5 Å². The predicted molar refractivity (Wildman–Crippen MR) is 144 cm³/mol. The van der Waals surface area contributed by atoms with Gasteiger partial charge >= 0.3 is 11.8 Å². The van der Waals surface area contributed by atoms with Crippen LogP contribution in [0.25, 0.3) is 11.1 Å². The molecule has 2 unspecified atom stereocenters. The van der Waals surface area contributed by atoms with Crippen LogP contribution < -0.4 is 9.13 Å². The van der Waals surface area contributed by atoms with E-state index in [9.17, 15) is 19.2 Å². The number of aromatic nitrogens is 2. The van der Waals surface area contributed by atoms with Crippen molar-refractivity contribution in [2.45, 2.75) is 25.9 Å². The number of nitrogens with zero attached hydrogens (tertiary/aromatic N) is 6. The maximum atomic E-state index is 12.6. The van der Waals surface area contributed by atoms with E-state index in [-0.39, 0.29) is 0 Å². The number of carbonyl (C=O) groups excluding carboxylic acids is 4. The lowest BCUT2D eigenvalue weighted by atomic mass is 10.1. The Morgan fingerprint density at radius 1 is 0.525 bits per heavy atom. The number of carbonyl (C=O) groups is 4. The van der Waals surface area contributed by atoms with Gasteiger partial charge in [-0.05, 0) is 49.2 Å². The van der Waals surface area contributed by atoms with E-state index in [0.29, 0.717) is 11.4 Å². The normalized spacial score (nSPS) is 12.8. The SMILES string of the molecule is CC(=O)C(N=Nc1ccc(-c2ccc(N=NC(C(C)=O)C(=O)[n+]3ccccc3)cc2)cc1)C(=O)[n+]1ccccc1. The molecule has 0 saturated heterocycles. The van der Waals surface area contributed by atoms with Gasteiger partial charge < -0.3 is 0 Å². The minimum atomic E-state index is -1.24. The zero-order chi connectivity index (χ0) is 28.5. The van der Waals surface area contributed by atoms with E-state index in [2.05, 4.69) is 20.5 Å². The molecule has 2 heterocycles. The number of hydrogen-bond donors (Lipinski definition) is 0. The third-order valence-electron chi connectivity index (χ3n) is 5.82. The summed E-state index contributed by atoms with van der Waals surface area (Å²) in [7, 11) is 0. The summed E-state index contributed by atoms with van der Waals surface area (Å²) in [5.41, 5.74) is 2.75. The van der Waals surface area contributed by atoms with Crippen molar-refractivity contribution in [1.82, 2.24) is 0 Å². The number of benzene rings is 2. The van der Waals surface area contributed by atoms with Crippen molar-refractivity contribution >= 4 is 34.8 Å². The molecular weight excluding hydrogens is 508 g/mol. The molecule has 10 heteroatoms. The van der Waals surface area contributed by atoms with E-state index < -0.39 is 35.5 Å². The van der Waals surface area contributed by atoms with E-state index >= 15 is 0 Å².